The number of quaternary nitrogens is 1. The molecule has 2 heteroatoms. The fourth-order valence-electron chi connectivity index (χ4n) is 3.01. The fraction of sp³-hybridized carbons (Fsp3) is 0.214. The summed E-state index contributed by atoms with van der Waals surface area (Å²) in [5.41, 5.74) is 1.67. The van der Waals surface area contributed by atoms with Crippen LogP contribution in [0.25, 0.3) is 0 Å². The van der Waals surface area contributed by atoms with E-state index in [0.717, 1.165) is 0 Å². The molecular formula is C14H14N2+. The lowest BCUT2D eigenvalue weighted by Crippen LogP contribution is -2.96. The van der Waals surface area contributed by atoms with Gasteiger partial charge in [-0.1, -0.05) is 48.6 Å². The van der Waals surface area contributed by atoms with E-state index in [-0.39, 0.29) is 5.54 Å². The first-order valence-corrected chi connectivity index (χ1v) is 5.81. The molecule has 3 aliphatic rings. The standard InChI is InChI=1S/C14H13N2/c1-2-6-11(7-3-1)13-15-12-8-4-5-9-14(12)10-16(13)14/h1-9,13,15H,10H2/p+1. The van der Waals surface area contributed by atoms with Crippen molar-refractivity contribution in [2.75, 3.05) is 6.54 Å². The van der Waals surface area contributed by atoms with Crippen molar-refractivity contribution in [2.45, 2.75) is 11.7 Å². The molecule has 1 aromatic carbocycles. The van der Waals surface area contributed by atoms with Gasteiger partial charge in [0.05, 0.1) is 0 Å². The average molecular weight is 210 g/mol. The van der Waals surface area contributed by atoms with Crippen molar-refractivity contribution in [1.82, 2.24) is 5.32 Å². The molecule has 16 heavy (non-hydrogen) atoms. The third kappa shape index (κ3) is 0.984. The van der Waals surface area contributed by atoms with Crippen molar-refractivity contribution in [3.8, 4) is 0 Å². The van der Waals surface area contributed by atoms with Gasteiger partial charge in [0.15, 0.2) is 11.7 Å². The first kappa shape index (κ1) is 8.74. The molecule has 2 N–H and O–H groups in total. The number of hydrogen-bond acceptors (Lipinski definition) is 1. The van der Waals surface area contributed by atoms with Crippen molar-refractivity contribution in [2.24, 2.45) is 0 Å². The van der Waals surface area contributed by atoms with E-state index in [9.17, 15) is 0 Å². The summed E-state index contributed by atoms with van der Waals surface area (Å²) in [6.07, 6.45) is 9.29. The van der Waals surface area contributed by atoms with E-state index in [1.165, 1.54) is 18.2 Å². The molecule has 79 valence electrons. The Morgan fingerprint density at radius 3 is 2.88 bits per heavy atom. The lowest BCUT2D eigenvalue weighted by Gasteiger charge is -2.13. The van der Waals surface area contributed by atoms with Crippen molar-refractivity contribution < 1.29 is 4.90 Å². The Morgan fingerprint density at radius 2 is 2.06 bits per heavy atom. The normalized spacial score (nSPS) is 39.5. The highest BCUT2D eigenvalue weighted by Gasteiger charge is 2.70. The second kappa shape index (κ2) is 2.84. The molecule has 0 saturated carbocycles. The van der Waals surface area contributed by atoms with Crippen molar-refractivity contribution >= 4 is 0 Å². The molecule has 2 saturated heterocycles. The zero-order valence-corrected chi connectivity index (χ0v) is 8.98. The first-order valence-electron chi connectivity index (χ1n) is 5.81. The van der Waals surface area contributed by atoms with E-state index in [1.54, 1.807) is 4.90 Å². The van der Waals surface area contributed by atoms with Crippen LogP contribution in [-0.4, -0.2) is 12.1 Å². The van der Waals surface area contributed by atoms with Gasteiger partial charge < -0.3 is 0 Å². The van der Waals surface area contributed by atoms with Crippen LogP contribution in [0.3, 0.4) is 0 Å². The maximum atomic E-state index is 3.64. The zero-order valence-electron chi connectivity index (χ0n) is 8.98. The number of rotatable bonds is 1. The van der Waals surface area contributed by atoms with Crippen LogP contribution in [0.15, 0.2) is 54.6 Å². The number of nitrogens with one attached hydrogen (secondary N) is 2. The summed E-state index contributed by atoms with van der Waals surface area (Å²) in [4.78, 5) is 1.63. The summed E-state index contributed by atoms with van der Waals surface area (Å²) in [6.45, 7) is 1.23. The van der Waals surface area contributed by atoms with Crippen molar-refractivity contribution in [3.63, 3.8) is 0 Å². The molecule has 1 radical (unpaired) electrons. The summed E-state index contributed by atoms with van der Waals surface area (Å²) in [7, 11) is 0. The summed E-state index contributed by atoms with van der Waals surface area (Å²) in [5.74, 6) is 0. The van der Waals surface area contributed by atoms with Crippen LogP contribution >= 0.6 is 0 Å². The lowest BCUT2D eigenvalue weighted by molar-refractivity contribution is -0.812. The molecular weight excluding hydrogens is 196 g/mol. The van der Waals surface area contributed by atoms with E-state index in [0.29, 0.717) is 6.17 Å². The van der Waals surface area contributed by atoms with Crippen LogP contribution < -0.4 is 10.2 Å². The van der Waals surface area contributed by atoms with E-state index < -0.39 is 0 Å². The molecule has 2 nitrogen and oxygen atoms in total. The van der Waals surface area contributed by atoms with Crippen LogP contribution in [0.5, 0.6) is 0 Å². The zero-order chi connectivity index (χ0) is 10.6. The van der Waals surface area contributed by atoms with Gasteiger partial charge in [0.1, 0.15) is 12.6 Å². The summed E-state index contributed by atoms with van der Waals surface area (Å²) in [5, 5.41) is 3.64. The highest BCUT2D eigenvalue weighted by atomic mass is 15.5. The molecule has 3 atom stereocenters. The Morgan fingerprint density at radius 1 is 1.19 bits per heavy atom. The highest BCUT2D eigenvalue weighted by Crippen LogP contribution is 2.36. The largest absolute Gasteiger partial charge is 0.296 e. The molecule has 0 bridgehead atoms. The maximum Gasteiger partial charge on any atom is 0.192 e. The summed E-state index contributed by atoms with van der Waals surface area (Å²) >= 11 is 0. The Labute approximate surface area is 95.3 Å². The highest BCUT2D eigenvalue weighted by molar-refractivity contribution is 5.41. The third-order valence-corrected chi connectivity index (χ3v) is 3.93. The predicted molar refractivity (Wildman–Crippen MR) is 62.4 cm³/mol. The van der Waals surface area contributed by atoms with Crippen molar-refractivity contribution in [1.29, 1.82) is 0 Å². The van der Waals surface area contributed by atoms with E-state index in [1.807, 2.05) is 0 Å². The topological polar surface area (TPSA) is 16.5 Å². The van der Waals surface area contributed by atoms with Crippen molar-refractivity contribution in [3.05, 3.63) is 66.2 Å². The Balaban J connectivity index is 1.71. The van der Waals surface area contributed by atoms with Gasteiger partial charge in [-0.3, -0.25) is 4.90 Å². The number of hydrogen-bond donors (Lipinski definition) is 2. The van der Waals surface area contributed by atoms with Crippen LogP contribution in [-0.2, 0) is 0 Å². The quantitative estimate of drug-likeness (QED) is 0.648. The number of benzene rings is 1. The molecule has 2 heterocycles. The molecule has 0 amide bonds. The van der Waals surface area contributed by atoms with Gasteiger partial charge in [-0.15, -0.1) is 0 Å². The Kier molecular flexibility index (Phi) is 1.55. The molecule has 1 spiro atoms. The SMILES string of the molecule is C1=C[C]2NC(c3ccccc3)[NH+]3CC23C=C1. The van der Waals surface area contributed by atoms with Gasteiger partial charge in [0.25, 0.3) is 0 Å². The monoisotopic (exact) mass is 210 g/mol. The van der Waals surface area contributed by atoms with Crippen LogP contribution in [0.2, 0.25) is 0 Å². The Hall–Kier alpha value is -1.38. The molecule has 0 aromatic heterocycles. The summed E-state index contributed by atoms with van der Waals surface area (Å²) in [6, 6.07) is 12.1. The molecule has 1 aliphatic carbocycles. The smallest absolute Gasteiger partial charge is 0.192 e. The lowest BCUT2D eigenvalue weighted by atomic mass is 9.96. The van der Waals surface area contributed by atoms with Gasteiger partial charge in [-0.05, 0) is 6.08 Å². The average Bonchev–Trinajstić information content (AvgIpc) is 2.96. The molecule has 4 rings (SSSR count). The second-order valence-corrected chi connectivity index (χ2v) is 4.79. The van der Waals surface area contributed by atoms with Crippen LogP contribution in [0, 0.1) is 6.04 Å². The van der Waals surface area contributed by atoms with Crippen LogP contribution in [0.4, 0.5) is 0 Å². The van der Waals surface area contributed by atoms with E-state index in [4.69, 9.17) is 0 Å². The number of allylic oxidation sites excluding steroid dienone is 2. The minimum absolute atomic E-state index is 0.287. The van der Waals surface area contributed by atoms with E-state index >= 15 is 0 Å². The predicted octanol–water partition coefficient (Wildman–Crippen LogP) is 0.584. The molecule has 1 aromatic rings. The third-order valence-electron chi connectivity index (χ3n) is 3.93. The fourth-order valence-corrected chi connectivity index (χ4v) is 3.01. The minimum atomic E-state index is 0.287. The molecule has 2 fully saturated rings. The second-order valence-electron chi connectivity index (χ2n) is 4.79. The first-order chi connectivity index (χ1) is 7.90. The van der Waals surface area contributed by atoms with E-state index in [2.05, 4.69) is 60.0 Å². The van der Waals surface area contributed by atoms with Gasteiger partial charge in [0, 0.05) is 5.56 Å². The van der Waals surface area contributed by atoms with Gasteiger partial charge >= 0.3 is 0 Å². The minimum Gasteiger partial charge on any atom is -0.296 e. The van der Waals surface area contributed by atoms with Gasteiger partial charge in [-0.2, -0.15) is 0 Å². The van der Waals surface area contributed by atoms with Gasteiger partial charge in [0.2, 0.25) is 0 Å². The molecule has 3 unspecified atom stereocenters. The summed E-state index contributed by atoms with van der Waals surface area (Å²) < 4.78 is 0. The van der Waals surface area contributed by atoms with Crippen LogP contribution in [0.1, 0.15) is 11.7 Å². The maximum absolute atomic E-state index is 3.64. The van der Waals surface area contributed by atoms with Gasteiger partial charge in [-0.25, -0.2) is 5.32 Å². The Bertz CT molecular complexity index is 477. The molecule has 2 aliphatic heterocycles.